The van der Waals surface area contributed by atoms with Crippen molar-refractivity contribution in [3.63, 3.8) is 0 Å². The van der Waals surface area contributed by atoms with E-state index in [1.165, 1.54) is 69.9 Å². The molecule has 1 heterocycles. The highest BCUT2D eigenvalue weighted by Crippen LogP contribution is 2.33. The van der Waals surface area contributed by atoms with E-state index in [1.807, 2.05) is 12.4 Å². The maximum absolute atomic E-state index is 4.24. The van der Waals surface area contributed by atoms with E-state index in [-0.39, 0.29) is 0 Å². The standard InChI is InChI=1S/C16H25N3/c1-3-7-14(8-4-1)19(15-9-5-2-6-10-15)16-11-17-13-18-12-16/h11-15H,1-10H2. The van der Waals surface area contributed by atoms with E-state index < -0.39 is 0 Å². The van der Waals surface area contributed by atoms with Crippen molar-refractivity contribution >= 4 is 5.69 Å². The number of nitrogens with zero attached hydrogens (tertiary/aromatic N) is 3. The fourth-order valence-electron chi connectivity index (χ4n) is 3.86. The zero-order valence-corrected chi connectivity index (χ0v) is 11.8. The SMILES string of the molecule is c1ncc(N(C2CCCCC2)C2CCCCC2)cn1. The van der Waals surface area contributed by atoms with E-state index in [2.05, 4.69) is 14.9 Å². The van der Waals surface area contributed by atoms with Gasteiger partial charge in [-0.1, -0.05) is 38.5 Å². The van der Waals surface area contributed by atoms with Gasteiger partial charge in [-0.2, -0.15) is 0 Å². The molecule has 0 unspecified atom stereocenters. The number of rotatable bonds is 3. The lowest BCUT2D eigenvalue weighted by Gasteiger charge is -2.43. The molecule has 2 saturated carbocycles. The lowest BCUT2D eigenvalue weighted by Crippen LogP contribution is -2.45. The third kappa shape index (κ3) is 3.07. The Bertz CT molecular complexity index is 349. The van der Waals surface area contributed by atoms with Gasteiger partial charge in [-0.3, -0.25) is 0 Å². The van der Waals surface area contributed by atoms with Gasteiger partial charge in [-0.05, 0) is 25.7 Å². The molecule has 2 aliphatic rings. The first kappa shape index (κ1) is 12.9. The van der Waals surface area contributed by atoms with E-state index in [1.54, 1.807) is 6.33 Å². The van der Waals surface area contributed by atoms with E-state index in [0.717, 1.165) is 12.1 Å². The smallest absolute Gasteiger partial charge is 0.115 e. The average Bonchev–Trinajstić information content (AvgIpc) is 2.51. The van der Waals surface area contributed by atoms with E-state index >= 15 is 0 Å². The van der Waals surface area contributed by atoms with Crippen molar-refractivity contribution in [2.24, 2.45) is 0 Å². The lowest BCUT2D eigenvalue weighted by molar-refractivity contribution is 0.339. The van der Waals surface area contributed by atoms with Crippen LogP contribution in [0.3, 0.4) is 0 Å². The summed E-state index contributed by atoms with van der Waals surface area (Å²) in [5.74, 6) is 0. The van der Waals surface area contributed by atoms with Crippen LogP contribution in [0.4, 0.5) is 5.69 Å². The molecule has 3 nitrogen and oxygen atoms in total. The van der Waals surface area contributed by atoms with Gasteiger partial charge < -0.3 is 4.90 Å². The fraction of sp³-hybridized carbons (Fsp3) is 0.750. The Balaban J connectivity index is 1.81. The van der Waals surface area contributed by atoms with Crippen LogP contribution in [-0.2, 0) is 0 Å². The Hall–Kier alpha value is -1.12. The molecule has 3 rings (SSSR count). The first-order chi connectivity index (χ1) is 9.45. The van der Waals surface area contributed by atoms with Gasteiger partial charge in [0.1, 0.15) is 6.33 Å². The Morgan fingerprint density at radius 3 is 1.68 bits per heavy atom. The van der Waals surface area contributed by atoms with E-state index in [9.17, 15) is 0 Å². The number of anilines is 1. The number of aromatic nitrogens is 2. The first-order valence-corrected chi connectivity index (χ1v) is 7.98. The van der Waals surface area contributed by atoms with Gasteiger partial charge in [-0.25, -0.2) is 9.97 Å². The summed E-state index contributed by atoms with van der Waals surface area (Å²) in [4.78, 5) is 11.2. The Morgan fingerprint density at radius 2 is 1.21 bits per heavy atom. The van der Waals surface area contributed by atoms with Crippen molar-refractivity contribution in [2.75, 3.05) is 4.90 Å². The van der Waals surface area contributed by atoms with Crippen LogP contribution in [0.5, 0.6) is 0 Å². The van der Waals surface area contributed by atoms with Crippen LogP contribution < -0.4 is 4.90 Å². The zero-order chi connectivity index (χ0) is 12.9. The number of hydrogen-bond acceptors (Lipinski definition) is 3. The molecule has 0 spiro atoms. The molecule has 0 N–H and O–H groups in total. The van der Waals surface area contributed by atoms with Crippen molar-refractivity contribution in [1.29, 1.82) is 0 Å². The summed E-state index contributed by atoms with van der Waals surface area (Å²) >= 11 is 0. The van der Waals surface area contributed by atoms with Crippen LogP contribution in [0.1, 0.15) is 64.2 Å². The van der Waals surface area contributed by atoms with Crippen molar-refractivity contribution < 1.29 is 0 Å². The Morgan fingerprint density at radius 1 is 0.737 bits per heavy atom. The second-order valence-electron chi connectivity index (χ2n) is 6.09. The van der Waals surface area contributed by atoms with Gasteiger partial charge >= 0.3 is 0 Å². The Labute approximate surface area is 116 Å². The van der Waals surface area contributed by atoms with Crippen LogP contribution in [0, 0.1) is 0 Å². The molecule has 0 amide bonds. The highest BCUT2D eigenvalue weighted by Gasteiger charge is 2.29. The molecule has 1 aromatic heterocycles. The van der Waals surface area contributed by atoms with E-state index in [0.29, 0.717) is 0 Å². The molecule has 19 heavy (non-hydrogen) atoms. The second-order valence-corrected chi connectivity index (χ2v) is 6.09. The molecule has 0 aliphatic heterocycles. The normalized spacial score (nSPS) is 22.3. The van der Waals surface area contributed by atoms with Gasteiger partial charge in [0.05, 0.1) is 18.1 Å². The van der Waals surface area contributed by atoms with Gasteiger partial charge in [0.15, 0.2) is 0 Å². The summed E-state index contributed by atoms with van der Waals surface area (Å²) in [5.41, 5.74) is 1.25. The maximum Gasteiger partial charge on any atom is 0.115 e. The Kier molecular flexibility index (Phi) is 4.31. The monoisotopic (exact) mass is 259 g/mol. The molecule has 2 aliphatic carbocycles. The summed E-state index contributed by atoms with van der Waals surface area (Å²) in [6, 6.07) is 1.45. The van der Waals surface area contributed by atoms with Crippen molar-refractivity contribution in [3.05, 3.63) is 18.7 Å². The second kappa shape index (κ2) is 6.36. The van der Waals surface area contributed by atoms with Gasteiger partial charge in [0.25, 0.3) is 0 Å². The lowest BCUT2D eigenvalue weighted by atomic mass is 9.88. The molecule has 0 bridgehead atoms. The quantitative estimate of drug-likeness (QED) is 0.823. The van der Waals surface area contributed by atoms with Gasteiger partial charge in [-0.15, -0.1) is 0 Å². The molecular weight excluding hydrogens is 234 g/mol. The van der Waals surface area contributed by atoms with Gasteiger partial charge in [0.2, 0.25) is 0 Å². The van der Waals surface area contributed by atoms with E-state index in [4.69, 9.17) is 0 Å². The minimum atomic E-state index is 0.725. The predicted octanol–water partition coefficient (Wildman–Crippen LogP) is 3.95. The van der Waals surface area contributed by atoms with Crippen LogP contribution in [0.25, 0.3) is 0 Å². The molecule has 2 fully saturated rings. The zero-order valence-electron chi connectivity index (χ0n) is 11.8. The highest BCUT2D eigenvalue weighted by atomic mass is 15.2. The molecule has 1 aromatic rings. The summed E-state index contributed by atoms with van der Waals surface area (Å²) in [6.07, 6.45) is 19.5. The van der Waals surface area contributed by atoms with Gasteiger partial charge in [0, 0.05) is 12.1 Å². The largest absolute Gasteiger partial charge is 0.363 e. The molecule has 3 heteroatoms. The van der Waals surface area contributed by atoms with Crippen molar-refractivity contribution in [1.82, 2.24) is 9.97 Å². The summed E-state index contributed by atoms with van der Waals surface area (Å²) in [6.45, 7) is 0. The highest BCUT2D eigenvalue weighted by molar-refractivity contribution is 5.44. The topological polar surface area (TPSA) is 29.0 Å². The fourth-order valence-corrected chi connectivity index (χ4v) is 3.86. The number of hydrogen-bond donors (Lipinski definition) is 0. The molecular formula is C16H25N3. The maximum atomic E-state index is 4.24. The molecule has 0 saturated heterocycles. The first-order valence-electron chi connectivity index (χ1n) is 7.98. The van der Waals surface area contributed by atoms with Crippen LogP contribution >= 0.6 is 0 Å². The summed E-state index contributed by atoms with van der Waals surface area (Å²) in [5, 5.41) is 0. The van der Waals surface area contributed by atoms with Crippen LogP contribution in [0.15, 0.2) is 18.7 Å². The minimum Gasteiger partial charge on any atom is -0.363 e. The van der Waals surface area contributed by atoms with Crippen molar-refractivity contribution in [2.45, 2.75) is 76.3 Å². The third-order valence-electron chi connectivity index (χ3n) is 4.78. The minimum absolute atomic E-state index is 0.725. The van der Waals surface area contributed by atoms with Crippen LogP contribution in [-0.4, -0.2) is 22.1 Å². The third-order valence-corrected chi connectivity index (χ3v) is 4.78. The summed E-state index contributed by atoms with van der Waals surface area (Å²) in [7, 11) is 0. The molecule has 0 atom stereocenters. The molecule has 0 aromatic carbocycles. The van der Waals surface area contributed by atoms with Crippen molar-refractivity contribution in [3.8, 4) is 0 Å². The average molecular weight is 259 g/mol. The summed E-state index contributed by atoms with van der Waals surface area (Å²) < 4.78 is 0. The molecule has 104 valence electrons. The molecule has 0 radical (unpaired) electrons. The predicted molar refractivity (Wildman–Crippen MR) is 78.3 cm³/mol. The van der Waals surface area contributed by atoms with Crippen LogP contribution in [0.2, 0.25) is 0 Å².